The quantitative estimate of drug-likeness (QED) is 0.241. The summed E-state index contributed by atoms with van der Waals surface area (Å²) in [5, 5.41) is 20.4. The topological polar surface area (TPSA) is 157 Å². The number of rotatable bonds is 11. The Morgan fingerprint density at radius 3 is 2.46 bits per heavy atom. The molecule has 0 bridgehead atoms. The van der Waals surface area contributed by atoms with Crippen LogP contribution in [0.3, 0.4) is 0 Å². The second kappa shape index (κ2) is 12.9. The molecule has 11 heteroatoms. The van der Waals surface area contributed by atoms with Crippen LogP contribution in [0.15, 0.2) is 24.3 Å². The van der Waals surface area contributed by atoms with E-state index in [0.29, 0.717) is 23.6 Å². The molecule has 0 aromatic heterocycles. The first-order valence-corrected chi connectivity index (χ1v) is 13.3. The van der Waals surface area contributed by atoms with Crippen LogP contribution < -0.4 is 21.3 Å². The van der Waals surface area contributed by atoms with Crippen LogP contribution in [0.4, 0.5) is 0 Å². The fraction of sp³-hybridized carbons (Fsp3) is 0.500. The number of carbonyl (C=O) groups is 5. The van der Waals surface area contributed by atoms with Gasteiger partial charge in [0.1, 0.15) is 6.04 Å². The second-order valence-corrected chi connectivity index (χ2v) is 11.6. The van der Waals surface area contributed by atoms with Gasteiger partial charge in [0.2, 0.25) is 23.5 Å². The van der Waals surface area contributed by atoms with Crippen molar-refractivity contribution in [2.75, 3.05) is 6.54 Å². The van der Waals surface area contributed by atoms with Crippen LogP contribution in [0, 0.1) is 22.7 Å². The Balaban J connectivity index is 1.75. The monoisotopic (exact) mass is 555 g/mol. The molecule has 10 nitrogen and oxygen atoms in total. The lowest BCUT2D eigenvalue weighted by molar-refractivity contribution is -0.141. The third-order valence-electron chi connectivity index (χ3n) is 6.45. The highest BCUT2D eigenvalue weighted by Crippen LogP contribution is 2.23. The molecule has 2 fully saturated rings. The molecule has 208 valence electrons. The van der Waals surface area contributed by atoms with Gasteiger partial charge in [0.15, 0.2) is 0 Å². The van der Waals surface area contributed by atoms with Gasteiger partial charge < -0.3 is 21.3 Å². The number of ketones is 1. The minimum atomic E-state index is -1.22. The highest BCUT2D eigenvalue weighted by Gasteiger charge is 2.37. The minimum Gasteiger partial charge on any atom is -0.356 e. The summed E-state index contributed by atoms with van der Waals surface area (Å²) in [5.74, 6) is -3.57. The van der Waals surface area contributed by atoms with E-state index in [1.165, 1.54) is 18.2 Å². The molecule has 1 aliphatic heterocycles. The number of Topliss-reactive ketones (excluding diaryl/α,β-unsaturated/α-hetero) is 1. The van der Waals surface area contributed by atoms with Crippen molar-refractivity contribution in [1.29, 1.82) is 5.26 Å². The Morgan fingerprint density at radius 2 is 1.87 bits per heavy atom. The van der Waals surface area contributed by atoms with Gasteiger partial charge in [0, 0.05) is 29.6 Å². The normalized spacial score (nSPS) is 18.5. The maximum Gasteiger partial charge on any atom is 0.289 e. The lowest BCUT2D eigenvalue weighted by Gasteiger charge is -2.28. The van der Waals surface area contributed by atoms with Crippen LogP contribution in [-0.2, 0) is 24.0 Å². The van der Waals surface area contributed by atoms with Gasteiger partial charge in [-0.2, -0.15) is 5.26 Å². The third kappa shape index (κ3) is 9.21. The molecule has 2 unspecified atom stereocenters. The first kappa shape index (κ1) is 29.8. The Bertz CT molecular complexity index is 1210. The van der Waals surface area contributed by atoms with E-state index in [9.17, 15) is 29.2 Å². The fourth-order valence-electron chi connectivity index (χ4n) is 4.28. The van der Waals surface area contributed by atoms with Crippen molar-refractivity contribution in [3.63, 3.8) is 0 Å². The number of hydrogen-bond donors (Lipinski definition) is 4. The molecule has 1 aliphatic carbocycles. The zero-order valence-electron chi connectivity index (χ0n) is 22.3. The number of nitriles is 1. The van der Waals surface area contributed by atoms with Crippen molar-refractivity contribution in [2.24, 2.45) is 11.3 Å². The van der Waals surface area contributed by atoms with Gasteiger partial charge in [-0.3, -0.25) is 24.0 Å². The van der Waals surface area contributed by atoms with Crippen molar-refractivity contribution in [3.8, 4) is 6.07 Å². The molecule has 0 radical (unpaired) electrons. The Morgan fingerprint density at radius 1 is 1.15 bits per heavy atom. The van der Waals surface area contributed by atoms with E-state index in [1.807, 2.05) is 26.8 Å². The number of nitrogens with one attached hydrogen (secondary N) is 4. The molecule has 2 aliphatic rings. The maximum absolute atomic E-state index is 13.4. The van der Waals surface area contributed by atoms with Crippen LogP contribution in [0.5, 0.6) is 0 Å². The lowest BCUT2D eigenvalue weighted by atomic mass is 9.87. The minimum absolute atomic E-state index is 0.0158. The summed E-state index contributed by atoms with van der Waals surface area (Å²) in [7, 11) is 0. The van der Waals surface area contributed by atoms with Crippen LogP contribution in [0.2, 0.25) is 5.02 Å². The van der Waals surface area contributed by atoms with E-state index >= 15 is 0 Å². The predicted octanol–water partition coefficient (Wildman–Crippen LogP) is 2.00. The Labute approximate surface area is 232 Å². The van der Waals surface area contributed by atoms with Crippen LogP contribution in [-0.4, -0.2) is 54.1 Å². The van der Waals surface area contributed by atoms with Crippen molar-refractivity contribution < 1.29 is 24.0 Å². The van der Waals surface area contributed by atoms with Gasteiger partial charge in [-0.1, -0.05) is 38.4 Å². The summed E-state index contributed by atoms with van der Waals surface area (Å²) >= 11 is 5.93. The van der Waals surface area contributed by atoms with Crippen molar-refractivity contribution in [2.45, 2.75) is 71.0 Å². The van der Waals surface area contributed by atoms with Crippen LogP contribution in [0.1, 0.15) is 64.0 Å². The summed E-state index contributed by atoms with van der Waals surface area (Å²) in [4.78, 5) is 63.9. The van der Waals surface area contributed by atoms with Gasteiger partial charge >= 0.3 is 0 Å². The van der Waals surface area contributed by atoms with Gasteiger partial charge in [0.25, 0.3) is 5.91 Å². The molecule has 39 heavy (non-hydrogen) atoms. The lowest BCUT2D eigenvalue weighted by Crippen LogP contribution is -2.55. The highest BCUT2D eigenvalue weighted by molar-refractivity contribution is 6.38. The molecule has 3 atom stereocenters. The number of benzene rings is 1. The molecule has 1 aromatic rings. The number of amides is 4. The SMILES string of the molecule is CC(C)(C)CC(NC(=O)/C=C/c1ccc(Cl)cc1C#N)C(=O)NC(C[C@@H]1CCNC1=O)C(=O)C(=O)NC1CC1. The average Bonchev–Trinajstić information content (AvgIpc) is 3.59. The van der Waals surface area contributed by atoms with Gasteiger partial charge in [-0.25, -0.2) is 0 Å². The zero-order chi connectivity index (χ0) is 28.7. The number of carbonyl (C=O) groups excluding carboxylic acids is 5. The van der Waals surface area contributed by atoms with Crippen molar-refractivity contribution >= 4 is 47.1 Å². The number of halogens is 1. The molecule has 0 spiro atoms. The van der Waals surface area contributed by atoms with E-state index in [2.05, 4.69) is 21.3 Å². The van der Waals surface area contributed by atoms with E-state index < -0.39 is 41.5 Å². The van der Waals surface area contributed by atoms with Crippen molar-refractivity contribution in [1.82, 2.24) is 21.3 Å². The predicted molar refractivity (Wildman–Crippen MR) is 145 cm³/mol. The molecular weight excluding hydrogens is 522 g/mol. The van der Waals surface area contributed by atoms with Gasteiger partial charge in [-0.05, 0) is 61.3 Å². The molecule has 4 amide bonds. The first-order chi connectivity index (χ1) is 18.4. The second-order valence-electron chi connectivity index (χ2n) is 11.2. The van der Waals surface area contributed by atoms with E-state index in [1.54, 1.807) is 12.1 Å². The summed E-state index contributed by atoms with van der Waals surface area (Å²) in [6.45, 7) is 6.16. The molecule has 4 N–H and O–H groups in total. The molecule has 1 aromatic carbocycles. The fourth-order valence-corrected chi connectivity index (χ4v) is 4.45. The smallest absolute Gasteiger partial charge is 0.289 e. The summed E-state index contributed by atoms with van der Waals surface area (Å²) < 4.78 is 0. The largest absolute Gasteiger partial charge is 0.356 e. The Kier molecular flexibility index (Phi) is 9.86. The van der Waals surface area contributed by atoms with Crippen LogP contribution >= 0.6 is 11.6 Å². The first-order valence-electron chi connectivity index (χ1n) is 13.0. The van der Waals surface area contributed by atoms with E-state index in [4.69, 9.17) is 11.6 Å². The summed E-state index contributed by atoms with van der Waals surface area (Å²) in [6, 6.07) is 4.41. The highest BCUT2D eigenvalue weighted by atomic mass is 35.5. The number of hydrogen-bond acceptors (Lipinski definition) is 6. The molecular formula is C28H34ClN5O5. The van der Waals surface area contributed by atoms with E-state index in [0.717, 1.165) is 12.8 Å². The van der Waals surface area contributed by atoms with Crippen molar-refractivity contribution in [3.05, 3.63) is 40.4 Å². The molecule has 3 rings (SSSR count). The molecule has 1 saturated carbocycles. The molecule has 1 saturated heterocycles. The average molecular weight is 556 g/mol. The van der Waals surface area contributed by atoms with Gasteiger partial charge in [-0.15, -0.1) is 0 Å². The third-order valence-corrected chi connectivity index (χ3v) is 6.69. The summed E-state index contributed by atoms with van der Waals surface area (Å²) in [6.07, 6.45) is 4.95. The standard InChI is InChI=1S/C28H34ClN5O5/c1-28(2,3)14-22(33-23(35)9-5-16-4-6-19(29)12-18(16)15-30)26(38)34-21(13-17-10-11-31-25(17)37)24(36)27(39)32-20-7-8-20/h4-6,9,12,17,20-22H,7-8,10-11,13-14H2,1-3H3,(H,31,37)(H,32,39)(H,33,35)(H,34,38)/b9-5+/t17-,21?,22?/m0/s1. The summed E-state index contributed by atoms with van der Waals surface area (Å²) in [5.41, 5.74) is 0.394. The van der Waals surface area contributed by atoms with Crippen LogP contribution in [0.25, 0.3) is 6.08 Å². The maximum atomic E-state index is 13.4. The Hall–Kier alpha value is -3.71. The zero-order valence-corrected chi connectivity index (χ0v) is 23.1. The van der Waals surface area contributed by atoms with Gasteiger partial charge in [0.05, 0.1) is 17.7 Å². The number of nitrogens with zero attached hydrogens (tertiary/aromatic N) is 1. The molecule has 1 heterocycles. The van der Waals surface area contributed by atoms with E-state index in [-0.39, 0.29) is 35.8 Å².